The second-order valence-corrected chi connectivity index (χ2v) is 6.50. The SMILES string of the molecule is Cc1nc(C(=O)Nc2ccc(N3CCNC(=O)C3)nc2)nn1-c1ccc(F)cc1. The summed E-state index contributed by atoms with van der Waals surface area (Å²) in [5, 5.41) is 9.66. The van der Waals surface area contributed by atoms with Crippen molar-refractivity contribution >= 4 is 23.3 Å². The average Bonchev–Trinajstić information content (AvgIpc) is 3.11. The number of hydrogen-bond donors (Lipinski definition) is 2. The van der Waals surface area contributed by atoms with E-state index in [1.165, 1.54) is 23.0 Å². The summed E-state index contributed by atoms with van der Waals surface area (Å²) in [4.78, 5) is 34.3. The Morgan fingerprint density at radius 2 is 2.00 bits per heavy atom. The minimum absolute atomic E-state index is 0.0106. The Bertz CT molecular complexity index is 1050. The number of carbonyl (C=O) groups excluding carboxylic acids is 2. The number of aromatic nitrogens is 4. The monoisotopic (exact) mass is 395 g/mol. The molecule has 2 amide bonds. The molecule has 0 radical (unpaired) electrons. The highest BCUT2D eigenvalue weighted by Gasteiger charge is 2.18. The van der Waals surface area contributed by atoms with Crippen LogP contribution in [0, 0.1) is 12.7 Å². The maximum atomic E-state index is 13.1. The number of nitrogens with one attached hydrogen (secondary N) is 2. The van der Waals surface area contributed by atoms with Gasteiger partial charge >= 0.3 is 0 Å². The molecule has 29 heavy (non-hydrogen) atoms. The van der Waals surface area contributed by atoms with Crippen molar-refractivity contribution in [1.29, 1.82) is 0 Å². The summed E-state index contributed by atoms with van der Waals surface area (Å²) >= 11 is 0. The number of pyridine rings is 1. The number of rotatable bonds is 4. The van der Waals surface area contributed by atoms with Gasteiger partial charge in [0, 0.05) is 13.1 Å². The molecule has 0 atom stereocenters. The lowest BCUT2D eigenvalue weighted by Gasteiger charge is -2.27. The predicted molar refractivity (Wildman–Crippen MR) is 103 cm³/mol. The molecule has 0 saturated carbocycles. The van der Waals surface area contributed by atoms with E-state index in [2.05, 4.69) is 25.7 Å². The van der Waals surface area contributed by atoms with Gasteiger partial charge < -0.3 is 15.5 Å². The minimum Gasteiger partial charge on any atom is -0.353 e. The van der Waals surface area contributed by atoms with E-state index in [4.69, 9.17) is 0 Å². The van der Waals surface area contributed by atoms with E-state index in [1.807, 2.05) is 4.90 Å². The van der Waals surface area contributed by atoms with Crippen LogP contribution in [0.2, 0.25) is 0 Å². The lowest BCUT2D eigenvalue weighted by Crippen LogP contribution is -2.48. The van der Waals surface area contributed by atoms with Gasteiger partial charge in [0.05, 0.1) is 24.1 Å². The van der Waals surface area contributed by atoms with Gasteiger partial charge in [-0.05, 0) is 43.3 Å². The molecule has 3 aromatic rings. The number of halogens is 1. The van der Waals surface area contributed by atoms with Crippen molar-refractivity contribution in [2.24, 2.45) is 0 Å². The van der Waals surface area contributed by atoms with Gasteiger partial charge in [-0.25, -0.2) is 19.0 Å². The van der Waals surface area contributed by atoms with Crippen LogP contribution < -0.4 is 15.5 Å². The van der Waals surface area contributed by atoms with Gasteiger partial charge in [0.1, 0.15) is 17.5 Å². The number of nitrogens with zero attached hydrogens (tertiary/aromatic N) is 5. The average molecular weight is 395 g/mol. The van der Waals surface area contributed by atoms with Crippen molar-refractivity contribution in [3.8, 4) is 5.69 Å². The van der Waals surface area contributed by atoms with Crippen molar-refractivity contribution in [3.05, 3.63) is 60.1 Å². The van der Waals surface area contributed by atoms with E-state index in [0.29, 0.717) is 36.1 Å². The van der Waals surface area contributed by atoms with Crippen molar-refractivity contribution in [3.63, 3.8) is 0 Å². The van der Waals surface area contributed by atoms with Crippen LogP contribution in [0.15, 0.2) is 42.6 Å². The van der Waals surface area contributed by atoms with Crippen LogP contribution in [0.25, 0.3) is 5.69 Å². The first-order valence-corrected chi connectivity index (χ1v) is 8.98. The number of benzene rings is 1. The van der Waals surface area contributed by atoms with Crippen LogP contribution in [0.1, 0.15) is 16.4 Å². The first kappa shape index (κ1) is 18.5. The summed E-state index contributed by atoms with van der Waals surface area (Å²) < 4.78 is 14.6. The number of anilines is 2. The van der Waals surface area contributed by atoms with Crippen molar-refractivity contribution in [2.45, 2.75) is 6.92 Å². The quantitative estimate of drug-likeness (QED) is 0.690. The Hall–Kier alpha value is -3.82. The third-order valence-corrected chi connectivity index (χ3v) is 4.41. The maximum absolute atomic E-state index is 13.1. The fourth-order valence-electron chi connectivity index (χ4n) is 2.98. The molecular weight excluding hydrogens is 377 g/mol. The van der Waals surface area contributed by atoms with Crippen LogP contribution in [-0.2, 0) is 4.79 Å². The van der Waals surface area contributed by atoms with Crippen molar-refractivity contribution < 1.29 is 14.0 Å². The van der Waals surface area contributed by atoms with Gasteiger partial charge in [0.2, 0.25) is 11.7 Å². The highest BCUT2D eigenvalue weighted by atomic mass is 19.1. The largest absolute Gasteiger partial charge is 0.353 e. The van der Waals surface area contributed by atoms with Gasteiger partial charge in [-0.15, -0.1) is 5.10 Å². The first-order valence-electron chi connectivity index (χ1n) is 8.98. The molecule has 1 fully saturated rings. The third-order valence-electron chi connectivity index (χ3n) is 4.41. The molecule has 2 aromatic heterocycles. The Balaban J connectivity index is 1.46. The summed E-state index contributed by atoms with van der Waals surface area (Å²) in [7, 11) is 0. The lowest BCUT2D eigenvalue weighted by atomic mass is 10.3. The van der Waals surface area contributed by atoms with Gasteiger partial charge in [0.15, 0.2) is 0 Å². The molecule has 0 spiro atoms. The Kier molecular flexibility index (Phi) is 4.90. The molecular formula is C19H18FN7O2. The number of carbonyl (C=O) groups is 2. The number of amides is 2. The molecule has 1 aliphatic rings. The second-order valence-electron chi connectivity index (χ2n) is 6.50. The molecule has 2 N–H and O–H groups in total. The minimum atomic E-state index is -0.485. The van der Waals surface area contributed by atoms with Gasteiger partial charge in [-0.3, -0.25) is 9.59 Å². The summed E-state index contributed by atoms with van der Waals surface area (Å²) in [5.41, 5.74) is 1.09. The van der Waals surface area contributed by atoms with E-state index in [9.17, 15) is 14.0 Å². The van der Waals surface area contributed by atoms with E-state index in [-0.39, 0.29) is 24.1 Å². The first-order chi connectivity index (χ1) is 14.0. The topological polar surface area (TPSA) is 105 Å². The van der Waals surface area contributed by atoms with Crippen LogP contribution in [-0.4, -0.2) is 51.2 Å². The highest BCUT2D eigenvalue weighted by molar-refractivity contribution is 6.01. The van der Waals surface area contributed by atoms with Crippen LogP contribution in [0.4, 0.5) is 15.9 Å². The van der Waals surface area contributed by atoms with Crippen LogP contribution >= 0.6 is 0 Å². The summed E-state index contributed by atoms with van der Waals surface area (Å²) in [6.07, 6.45) is 1.52. The molecule has 1 aromatic carbocycles. The van der Waals surface area contributed by atoms with Crippen molar-refractivity contribution in [2.75, 3.05) is 29.9 Å². The molecule has 4 rings (SSSR count). The van der Waals surface area contributed by atoms with Crippen molar-refractivity contribution in [1.82, 2.24) is 25.1 Å². The fraction of sp³-hybridized carbons (Fsp3) is 0.211. The number of piperazine rings is 1. The van der Waals surface area contributed by atoms with E-state index in [1.54, 1.807) is 31.2 Å². The fourth-order valence-corrected chi connectivity index (χ4v) is 2.98. The summed E-state index contributed by atoms with van der Waals surface area (Å²) in [5.74, 6) is 0.259. The Labute approximate surface area is 165 Å². The summed E-state index contributed by atoms with van der Waals surface area (Å²) in [6.45, 7) is 3.20. The normalized spacial score (nSPS) is 13.9. The zero-order valence-corrected chi connectivity index (χ0v) is 15.6. The number of hydrogen-bond acceptors (Lipinski definition) is 6. The Morgan fingerprint density at radius 3 is 2.69 bits per heavy atom. The smallest absolute Gasteiger partial charge is 0.295 e. The second kappa shape index (κ2) is 7.66. The molecule has 9 nitrogen and oxygen atoms in total. The molecule has 0 bridgehead atoms. The lowest BCUT2D eigenvalue weighted by molar-refractivity contribution is -0.120. The van der Waals surface area contributed by atoms with E-state index < -0.39 is 5.91 Å². The number of aryl methyl sites for hydroxylation is 1. The zero-order valence-electron chi connectivity index (χ0n) is 15.6. The molecule has 1 aliphatic heterocycles. The molecule has 0 unspecified atom stereocenters. The van der Waals surface area contributed by atoms with E-state index in [0.717, 1.165) is 0 Å². The molecule has 0 aliphatic carbocycles. The Morgan fingerprint density at radius 1 is 1.21 bits per heavy atom. The molecule has 3 heterocycles. The molecule has 148 valence electrons. The van der Waals surface area contributed by atoms with Crippen LogP contribution in [0.5, 0.6) is 0 Å². The standard InChI is InChI=1S/C19H18FN7O2/c1-12-23-18(25-27(12)15-5-2-13(20)3-6-15)19(29)24-14-4-7-16(22-10-14)26-9-8-21-17(28)11-26/h2-7,10H,8-9,11H2,1H3,(H,21,28)(H,24,29). The summed E-state index contributed by atoms with van der Waals surface area (Å²) in [6, 6.07) is 9.19. The highest BCUT2D eigenvalue weighted by Crippen LogP contribution is 2.16. The third kappa shape index (κ3) is 4.05. The molecule has 1 saturated heterocycles. The van der Waals surface area contributed by atoms with Gasteiger partial charge in [-0.2, -0.15) is 0 Å². The van der Waals surface area contributed by atoms with E-state index >= 15 is 0 Å². The predicted octanol–water partition coefficient (Wildman–Crippen LogP) is 1.30. The maximum Gasteiger partial charge on any atom is 0.295 e. The van der Waals surface area contributed by atoms with Gasteiger partial charge in [-0.1, -0.05) is 0 Å². The molecule has 10 heteroatoms. The van der Waals surface area contributed by atoms with Crippen LogP contribution in [0.3, 0.4) is 0 Å². The zero-order chi connectivity index (χ0) is 20.4. The van der Waals surface area contributed by atoms with Gasteiger partial charge in [0.25, 0.3) is 5.91 Å².